The van der Waals surface area contributed by atoms with Crippen LogP contribution in [0.5, 0.6) is 5.75 Å². The Hall–Kier alpha value is -1.56. The first kappa shape index (κ1) is 14.8. The summed E-state index contributed by atoms with van der Waals surface area (Å²) in [6.07, 6.45) is 2.46. The maximum Gasteiger partial charge on any atom is 0.134 e. The fraction of sp³-hybridized carbons (Fsp3) is 0.467. The van der Waals surface area contributed by atoms with E-state index in [-0.39, 0.29) is 6.61 Å². The molecule has 1 aromatic heterocycles. The lowest BCUT2D eigenvalue weighted by Gasteiger charge is -2.09. The van der Waals surface area contributed by atoms with Crippen molar-refractivity contribution in [2.45, 2.75) is 6.42 Å². The third-order valence-electron chi connectivity index (χ3n) is 3.08. The molecule has 2 aromatic rings. The van der Waals surface area contributed by atoms with Crippen LogP contribution in [0.4, 0.5) is 0 Å². The van der Waals surface area contributed by atoms with Crippen LogP contribution in [-0.4, -0.2) is 45.1 Å². The largest absolute Gasteiger partial charge is 0.496 e. The van der Waals surface area contributed by atoms with Gasteiger partial charge < -0.3 is 24.3 Å². The lowest BCUT2D eigenvalue weighted by Crippen LogP contribution is -2.23. The number of fused-ring (bicyclic) bond motifs is 1. The van der Waals surface area contributed by atoms with E-state index >= 15 is 0 Å². The highest BCUT2D eigenvalue weighted by molar-refractivity contribution is 5.80. The van der Waals surface area contributed by atoms with Crippen LogP contribution in [0.3, 0.4) is 0 Å². The van der Waals surface area contributed by atoms with E-state index in [0.29, 0.717) is 19.8 Å². The van der Waals surface area contributed by atoms with Crippen molar-refractivity contribution in [3.8, 4) is 5.75 Å². The van der Waals surface area contributed by atoms with Crippen LogP contribution in [0.2, 0.25) is 0 Å². The summed E-state index contributed by atoms with van der Waals surface area (Å²) in [6, 6.07) is 5.91. The molecule has 20 heavy (non-hydrogen) atoms. The second kappa shape index (κ2) is 7.89. The molecule has 0 saturated carbocycles. The van der Waals surface area contributed by atoms with Gasteiger partial charge in [0.25, 0.3) is 0 Å². The third kappa shape index (κ3) is 3.96. The molecule has 0 fully saturated rings. The average Bonchev–Trinajstić information content (AvgIpc) is 2.92. The molecule has 0 aliphatic heterocycles. The molecule has 0 spiro atoms. The molecule has 0 atom stereocenters. The summed E-state index contributed by atoms with van der Waals surface area (Å²) in [5.74, 6) is 0.862. The number of rotatable bonds is 9. The Morgan fingerprint density at radius 3 is 2.95 bits per heavy atom. The monoisotopic (exact) mass is 279 g/mol. The van der Waals surface area contributed by atoms with Crippen molar-refractivity contribution in [1.82, 2.24) is 5.32 Å². The summed E-state index contributed by atoms with van der Waals surface area (Å²) in [5.41, 5.74) is 1.95. The number of benzene rings is 1. The molecule has 0 radical (unpaired) electrons. The molecule has 1 heterocycles. The van der Waals surface area contributed by atoms with Gasteiger partial charge in [-0.15, -0.1) is 0 Å². The van der Waals surface area contributed by atoms with Gasteiger partial charge in [0.1, 0.15) is 11.3 Å². The molecule has 5 nitrogen and oxygen atoms in total. The van der Waals surface area contributed by atoms with Crippen molar-refractivity contribution in [2.24, 2.45) is 0 Å². The topological polar surface area (TPSA) is 63.9 Å². The number of methoxy groups -OCH3 is 1. The summed E-state index contributed by atoms with van der Waals surface area (Å²) < 4.78 is 16.3. The van der Waals surface area contributed by atoms with Crippen molar-refractivity contribution in [1.29, 1.82) is 0 Å². The zero-order chi connectivity index (χ0) is 14.2. The van der Waals surface area contributed by atoms with Gasteiger partial charge in [-0.1, -0.05) is 0 Å². The quantitative estimate of drug-likeness (QED) is 0.682. The Labute approximate surface area is 118 Å². The summed E-state index contributed by atoms with van der Waals surface area (Å²) >= 11 is 0. The van der Waals surface area contributed by atoms with Gasteiger partial charge in [0.15, 0.2) is 0 Å². The Balaban J connectivity index is 1.82. The molecule has 5 heteroatoms. The van der Waals surface area contributed by atoms with Gasteiger partial charge in [0, 0.05) is 24.0 Å². The summed E-state index contributed by atoms with van der Waals surface area (Å²) in [7, 11) is 1.67. The minimum Gasteiger partial charge on any atom is -0.496 e. The Kier molecular flexibility index (Phi) is 5.86. The molecule has 0 unspecified atom stereocenters. The van der Waals surface area contributed by atoms with Gasteiger partial charge in [0.2, 0.25) is 0 Å². The molecule has 110 valence electrons. The first-order valence-corrected chi connectivity index (χ1v) is 6.78. The standard InChI is InChI=1S/C15H21NO4/c1-18-14-10-13-3-8-20-15(13)11-12(14)2-7-19-9-5-16-4-6-17/h3,8,10-11,16-17H,2,4-7,9H2,1H3. The lowest BCUT2D eigenvalue weighted by atomic mass is 10.1. The number of aliphatic hydroxyl groups excluding tert-OH is 1. The van der Waals surface area contributed by atoms with Crippen LogP contribution in [0.15, 0.2) is 28.9 Å². The summed E-state index contributed by atoms with van der Waals surface area (Å²) in [4.78, 5) is 0. The minimum absolute atomic E-state index is 0.153. The second-order valence-electron chi connectivity index (χ2n) is 4.46. The fourth-order valence-electron chi connectivity index (χ4n) is 2.05. The summed E-state index contributed by atoms with van der Waals surface area (Å²) in [6.45, 7) is 2.76. The van der Waals surface area contributed by atoms with Crippen LogP contribution >= 0.6 is 0 Å². The molecule has 0 amide bonds. The normalized spacial score (nSPS) is 11.1. The van der Waals surface area contributed by atoms with Gasteiger partial charge in [-0.2, -0.15) is 0 Å². The zero-order valence-corrected chi connectivity index (χ0v) is 11.7. The third-order valence-corrected chi connectivity index (χ3v) is 3.08. The highest BCUT2D eigenvalue weighted by atomic mass is 16.5. The van der Waals surface area contributed by atoms with Crippen molar-refractivity contribution < 1.29 is 19.0 Å². The van der Waals surface area contributed by atoms with Crippen molar-refractivity contribution in [3.63, 3.8) is 0 Å². The van der Waals surface area contributed by atoms with E-state index in [1.807, 2.05) is 18.2 Å². The number of ether oxygens (including phenoxy) is 2. The Morgan fingerprint density at radius 1 is 1.25 bits per heavy atom. The van der Waals surface area contributed by atoms with Crippen LogP contribution < -0.4 is 10.1 Å². The van der Waals surface area contributed by atoms with Gasteiger partial charge in [-0.25, -0.2) is 0 Å². The average molecular weight is 279 g/mol. The van der Waals surface area contributed by atoms with E-state index in [1.165, 1.54) is 0 Å². The Bertz CT molecular complexity index is 524. The van der Waals surface area contributed by atoms with Crippen molar-refractivity contribution in [2.75, 3.05) is 40.0 Å². The molecule has 2 N–H and O–H groups in total. The van der Waals surface area contributed by atoms with E-state index in [2.05, 4.69) is 5.32 Å². The van der Waals surface area contributed by atoms with Gasteiger partial charge >= 0.3 is 0 Å². The van der Waals surface area contributed by atoms with Gasteiger partial charge in [0.05, 0.1) is 33.2 Å². The molecule has 1 aromatic carbocycles. The molecule has 2 rings (SSSR count). The van der Waals surface area contributed by atoms with E-state index in [1.54, 1.807) is 13.4 Å². The molecule has 0 aliphatic rings. The maximum atomic E-state index is 8.62. The molecule has 0 aliphatic carbocycles. The predicted molar refractivity (Wildman–Crippen MR) is 77.2 cm³/mol. The molecular formula is C15H21NO4. The van der Waals surface area contributed by atoms with Crippen LogP contribution in [0.25, 0.3) is 11.0 Å². The Morgan fingerprint density at radius 2 is 2.15 bits per heavy atom. The number of aliphatic hydroxyl groups is 1. The van der Waals surface area contributed by atoms with Crippen molar-refractivity contribution >= 4 is 11.0 Å². The minimum atomic E-state index is 0.153. The van der Waals surface area contributed by atoms with E-state index in [4.69, 9.17) is 19.0 Å². The lowest BCUT2D eigenvalue weighted by molar-refractivity contribution is 0.137. The highest BCUT2D eigenvalue weighted by Crippen LogP contribution is 2.27. The van der Waals surface area contributed by atoms with Crippen LogP contribution in [0.1, 0.15) is 5.56 Å². The highest BCUT2D eigenvalue weighted by Gasteiger charge is 2.07. The second-order valence-corrected chi connectivity index (χ2v) is 4.46. The number of furan rings is 1. The zero-order valence-electron chi connectivity index (χ0n) is 11.7. The maximum absolute atomic E-state index is 8.62. The number of hydrogen-bond acceptors (Lipinski definition) is 5. The SMILES string of the molecule is COc1cc2ccoc2cc1CCOCCNCCO. The molecular weight excluding hydrogens is 258 g/mol. The predicted octanol–water partition coefficient (Wildman–Crippen LogP) is 1.58. The van der Waals surface area contributed by atoms with E-state index in [0.717, 1.165) is 35.2 Å². The number of hydrogen-bond donors (Lipinski definition) is 2. The fourth-order valence-corrected chi connectivity index (χ4v) is 2.05. The first-order chi connectivity index (χ1) is 9.85. The molecule has 0 saturated heterocycles. The van der Waals surface area contributed by atoms with Crippen LogP contribution in [-0.2, 0) is 11.2 Å². The smallest absolute Gasteiger partial charge is 0.134 e. The van der Waals surface area contributed by atoms with E-state index in [9.17, 15) is 0 Å². The van der Waals surface area contributed by atoms with Crippen molar-refractivity contribution in [3.05, 3.63) is 30.0 Å². The molecule has 0 bridgehead atoms. The van der Waals surface area contributed by atoms with Gasteiger partial charge in [-0.3, -0.25) is 0 Å². The van der Waals surface area contributed by atoms with E-state index < -0.39 is 0 Å². The summed E-state index contributed by atoms with van der Waals surface area (Å²) in [5, 5.41) is 12.7. The van der Waals surface area contributed by atoms with Crippen LogP contribution in [0, 0.1) is 0 Å². The number of nitrogens with one attached hydrogen (secondary N) is 1. The van der Waals surface area contributed by atoms with Gasteiger partial charge in [-0.05, 0) is 24.6 Å². The first-order valence-electron chi connectivity index (χ1n) is 6.78.